The van der Waals surface area contributed by atoms with Gasteiger partial charge in [-0.05, 0) is 6.42 Å². The van der Waals surface area contributed by atoms with Crippen molar-refractivity contribution in [2.75, 3.05) is 0 Å². The Morgan fingerprint density at radius 3 is 1.78 bits per heavy atom. The molecule has 0 amide bonds. The van der Waals surface area contributed by atoms with Crippen molar-refractivity contribution in [1.82, 2.24) is 0 Å². The van der Waals surface area contributed by atoms with E-state index in [4.69, 9.17) is 23.2 Å². The molecular weight excluding hydrogens is 163 g/mol. The molecule has 0 N–H and O–H groups in total. The quantitative estimate of drug-likeness (QED) is 0.360. The molecule has 4 heteroatoms. The lowest BCUT2D eigenvalue weighted by atomic mass is 10.1. The van der Waals surface area contributed by atoms with Gasteiger partial charge in [0, 0.05) is 0 Å². The molecule has 0 saturated heterocycles. The lowest BCUT2D eigenvalue weighted by Crippen LogP contribution is -2.06. The minimum Gasteiger partial charge on any atom is -0.303 e. The van der Waals surface area contributed by atoms with E-state index in [1.807, 2.05) is 0 Å². The predicted octanol–water partition coefficient (Wildman–Crippen LogP) is 1.19. The molecule has 9 heavy (non-hydrogen) atoms. The molecule has 0 saturated carbocycles. The van der Waals surface area contributed by atoms with Gasteiger partial charge in [-0.1, -0.05) is 0 Å². The molecule has 0 aromatic heterocycles. The zero-order valence-corrected chi connectivity index (χ0v) is 6.10. The SMILES string of the molecule is O=CC(C=O)CC(Cl)Cl. The van der Waals surface area contributed by atoms with E-state index in [-0.39, 0.29) is 6.42 Å². The lowest BCUT2D eigenvalue weighted by Gasteiger charge is -1.99. The van der Waals surface area contributed by atoms with E-state index in [9.17, 15) is 9.59 Å². The van der Waals surface area contributed by atoms with Gasteiger partial charge < -0.3 is 9.59 Å². The second-order valence-electron chi connectivity index (χ2n) is 1.56. The van der Waals surface area contributed by atoms with Crippen LogP contribution in [0.3, 0.4) is 0 Å². The second-order valence-corrected chi connectivity index (χ2v) is 2.84. The van der Waals surface area contributed by atoms with Crippen molar-refractivity contribution >= 4 is 35.8 Å². The Hall–Kier alpha value is -0.0800. The summed E-state index contributed by atoms with van der Waals surface area (Å²) in [6.07, 6.45) is 1.27. The van der Waals surface area contributed by atoms with Crippen LogP contribution in [0.4, 0.5) is 0 Å². The van der Waals surface area contributed by atoms with Gasteiger partial charge in [0.25, 0.3) is 0 Å². The minimum atomic E-state index is -0.648. The summed E-state index contributed by atoms with van der Waals surface area (Å²) in [6.45, 7) is 0. The first kappa shape index (κ1) is 8.92. The van der Waals surface area contributed by atoms with Crippen molar-refractivity contribution in [3.63, 3.8) is 0 Å². The van der Waals surface area contributed by atoms with Crippen molar-refractivity contribution in [3.05, 3.63) is 0 Å². The van der Waals surface area contributed by atoms with E-state index in [1.165, 1.54) is 0 Å². The molecule has 0 atom stereocenters. The molecule has 0 aromatic carbocycles. The van der Waals surface area contributed by atoms with Gasteiger partial charge in [-0.2, -0.15) is 0 Å². The van der Waals surface area contributed by atoms with E-state index in [0.717, 1.165) is 0 Å². The zero-order chi connectivity index (χ0) is 7.28. The van der Waals surface area contributed by atoms with Crippen LogP contribution >= 0.6 is 23.2 Å². The van der Waals surface area contributed by atoms with Crippen molar-refractivity contribution in [3.8, 4) is 0 Å². The third-order valence-corrected chi connectivity index (χ3v) is 1.16. The van der Waals surface area contributed by atoms with Gasteiger partial charge in [-0.25, -0.2) is 0 Å². The van der Waals surface area contributed by atoms with Crippen LogP contribution < -0.4 is 0 Å². The number of carbonyl (C=O) groups excluding carboxylic acids is 2. The fourth-order valence-electron chi connectivity index (χ4n) is 0.349. The third-order valence-electron chi connectivity index (χ3n) is 0.800. The molecule has 0 aliphatic rings. The Labute approximate surface area is 63.1 Å². The van der Waals surface area contributed by atoms with E-state index >= 15 is 0 Å². The van der Waals surface area contributed by atoms with Gasteiger partial charge in [-0.3, -0.25) is 0 Å². The Morgan fingerprint density at radius 2 is 1.67 bits per heavy atom. The summed E-state index contributed by atoms with van der Waals surface area (Å²) in [4.78, 5) is 19.2. The van der Waals surface area contributed by atoms with Gasteiger partial charge >= 0.3 is 0 Å². The number of aldehydes is 2. The average molecular weight is 169 g/mol. The Balaban J connectivity index is 3.55. The number of halogens is 2. The lowest BCUT2D eigenvalue weighted by molar-refractivity contribution is -0.119. The van der Waals surface area contributed by atoms with Crippen LogP contribution in [0.1, 0.15) is 6.42 Å². The highest BCUT2D eigenvalue weighted by Gasteiger charge is 2.09. The maximum atomic E-state index is 9.92. The van der Waals surface area contributed by atoms with Crippen molar-refractivity contribution < 1.29 is 9.59 Å². The minimum absolute atomic E-state index is 0.204. The van der Waals surface area contributed by atoms with Crippen LogP contribution in [-0.4, -0.2) is 17.4 Å². The summed E-state index contributed by atoms with van der Waals surface area (Å²) in [5, 5.41) is 0. The number of alkyl halides is 2. The molecule has 0 heterocycles. The standard InChI is InChI=1S/C5H6Cl2O2/c6-5(7)1-4(2-8)3-9/h2-5H,1H2. The molecule has 0 aliphatic carbocycles. The number of hydrogen-bond acceptors (Lipinski definition) is 2. The maximum absolute atomic E-state index is 9.92. The Morgan fingerprint density at radius 1 is 1.22 bits per heavy atom. The summed E-state index contributed by atoms with van der Waals surface area (Å²) in [6, 6.07) is 0. The van der Waals surface area contributed by atoms with Gasteiger partial charge in [0.2, 0.25) is 0 Å². The third kappa shape index (κ3) is 4.43. The van der Waals surface area contributed by atoms with Crippen molar-refractivity contribution in [2.24, 2.45) is 5.92 Å². The van der Waals surface area contributed by atoms with Crippen LogP contribution in [-0.2, 0) is 9.59 Å². The molecule has 0 aliphatic heterocycles. The normalized spacial score (nSPS) is 10.2. The summed E-state index contributed by atoms with van der Waals surface area (Å²) in [5.41, 5.74) is 0. The summed E-state index contributed by atoms with van der Waals surface area (Å²) >= 11 is 10.6. The fourth-order valence-corrected chi connectivity index (χ4v) is 0.760. The largest absolute Gasteiger partial charge is 0.303 e. The predicted molar refractivity (Wildman–Crippen MR) is 35.7 cm³/mol. The molecule has 0 unspecified atom stereocenters. The van der Waals surface area contributed by atoms with E-state index in [1.54, 1.807) is 0 Å². The molecule has 0 fully saturated rings. The summed E-state index contributed by atoms with van der Waals surface area (Å²) in [5.74, 6) is -0.648. The highest BCUT2D eigenvalue weighted by Crippen LogP contribution is 2.11. The number of rotatable bonds is 4. The number of hydrogen-bond donors (Lipinski definition) is 0. The van der Waals surface area contributed by atoms with Gasteiger partial charge in [-0.15, -0.1) is 23.2 Å². The molecule has 0 radical (unpaired) electrons. The first-order valence-electron chi connectivity index (χ1n) is 2.39. The molecular formula is C5H6Cl2O2. The van der Waals surface area contributed by atoms with Crippen LogP contribution in [0.5, 0.6) is 0 Å². The molecule has 0 rings (SSSR count). The van der Waals surface area contributed by atoms with E-state index in [2.05, 4.69) is 0 Å². The first-order valence-corrected chi connectivity index (χ1v) is 3.26. The summed E-state index contributed by atoms with van der Waals surface area (Å²) < 4.78 is 0. The number of carbonyl (C=O) groups is 2. The van der Waals surface area contributed by atoms with Gasteiger partial charge in [0.15, 0.2) is 0 Å². The van der Waals surface area contributed by atoms with E-state index in [0.29, 0.717) is 12.6 Å². The Bertz CT molecular complexity index is 95.1. The van der Waals surface area contributed by atoms with Crippen molar-refractivity contribution in [2.45, 2.75) is 11.3 Å². The highest BCUT2D eigenvalue weighted by molar-refractivity contribution is 6.44. The van der Waals surface area contributed by atoms with Crippen LogP contribution in [0.2, 0.25) is 0 Å². The summed E-state index contributed by atoms with van der Waals surface area (Å²) in [7, 11) is 0. The molecule has 2 nitrogen and oxygen atoms in total. The van der Waals surface area contributed by atoms with Crippen LogP contribution in [0.25, 0.3) is 0 Å². The molecule has 52 valence electrons. The Kier molecular flexibility index (Phi) is 4.72. The van der Waals surface area contributed by atoms with Gasteiger partial charge in [0.1, 0.15) is 17.4 Å². The molecule has 0 spiro atoms. The zero-order valence-electron chi connectivity index (χ0n) is 4.59. The highest BCUT2D eigenvalue weighted by atomic mass is 35.5. The first-order chi connectivity index (χ1) is 4.20. The fraction of sp³-hybridized carbons (Fsp3) is 0.600. The molecule has 0 bridgehead atoms. The monoisotopic (exact) mass is 168 g/mol. The van der Waals surface area contributed by atoms with Crippen LogP contribution in [0, 0.1) is 5.92 Å². The molecule has 0 aromatic rings. The average Bonchev–Trinajstić information content (AvgIpc) is 1.82. The second kappa shape index (κ2) is 4.77. The van der Waals surface area contributed by atoms with Crippen LogP contribution in [0.15, 0.2) is 0 Å². The van der Waals surface area contributed by atoms with Gasteiger partial charge in [0.05, 0.1) is 5.92 Å². The maximum Gasteiger partial charge on any atom is 0.130 e. The topological polar surface area (TPSA) is 34.1 Å². The van der Waals surface area contributed by atoms with Crippen molar-refractivity contribution in [1.29, 1.82) is 0 Å². The van der Waals surface area contributed by atoms with E-state index < -0.39 is 10.8 Å². The smallest absolute Gasteiger partial charge is 0.130 e.